The molecule has 0 radical (unpaired) electrons. The minimum atomic E-state index is -1.20. The summed E-state index contributed by atoms with van der Waals surface area (Å²) in [7, 11) is 1.31. The van der Waals surface area contributed by atoms with Crippen LogP contribution in [0.2, 0.25) is 0 Å². The molecule has 0 bridgehead atoms. The second-order valence-electron chi connectivity index (χ2n) is 10.4. The molecule has 8 heteroatoms. The van der Waals surface area contributed by atoms with Gasteiger partial charge >= 0.3 is 6.09 Å². The number of carbonyl (C=O) groups excluding carboxylic acids is 3. The number of nitrogens with two attached hydrogens (primary N) is 1. The molecule has 0 aliphatic carbocycles. The number of amides is 3. The number of hydrogen-bond donors (Lipinski definition) is 4. The van der Waals surface area contributed by atoms with Gasteiger partial charge in [-0.3, -0.25) is 14.9 Å². The normalized spacial score (nSPS) is 16.8. The third-order valence-electron chi connectivity index (χ3n) is 7.60. The van der Waals surface area contributed by atoms with Crippen molar-refractivity contribution in [2.24, 2.45) is 17.1 Å². The molecule has 198 valence electrons. The van der Waals surface area contributed by atoms with Gasteiger partial charge in [-0.1, -0.05) is 48.5 Å². The lowest BCUT2D eigenvalue weighted by atomic mass is 9.62. The van der Waals surface area contributed by atoms with E-state index in [1.807, 2.05) is 54.6 Å². The Balaban J connectivity index is 1.58. The number of rotatable bonds is 6. The van der Waals surface area contributed by atoms with Gasteiger partial charge in [-0.2, -0.15) is 0 Å². The van der Waals surface area contributed by atoms with Crippen LogP contribution in [0, 0.1) is 11.3 Å². The van der Waals surface area contributed by atoms with Crippen LogP contribution in [0.25, 0.3) is 11.1 Å². The highest BCUT2D eigenvalue weighted by Gasteiger charge is 2.53. The van der Waals surface area contributed by atoms with Gasteiger partial charge in [0.05, 0.1) is 24.1 Å². The highest BCUT2D eigenvalue weighted by molar-refractivity contribution is 6.03. The van der Waals surface area contributed by atoms with Crippen molar-refractivity contribution in [1.82, 2.24) is 0 Å². The molecular formula is C30H34N4O4. The van der Waals surface area contributed by atoms with Crippen molar-refractivity contribution in [2.45, 2.75) is 39.2 Å². The van der Waals surface area contributed by atoms with Gasteiger partial charge in [0.1, 0.15) is 0 Å². The van der Waals surface area contributed by atoms with E-state index in [-0.39, 0.29) is 11.8 Å². The molecule has 1 aliphatic rings. The predicted octanol–water partition coefficient (Wildman–Crippen LogP) is 5.42. The first-order valence-electron chi connectivity index (χ1n) is 12.6. The van der Waals surface area contributed by atoms with E-state index in [4.69, 9.17) is 10.5 Å². The van der Waals surface area contributed by atoms with Gasteiger partial charge in [-0.15, -0.1) is 0 Å². The predicted molar refractivity (Wildman–Crippen MR) is 150 cm³/mol. The van der Waals surface area contributed by atoms with E-state index in [9.17, 15) is 14.4 Å². The number of nitrogens with one attached hydrogen (secondary N) is 3. The molecule has 4 rings (SSSR count). The van der Waals surface area contributed by atoms with Crippen LogP contribution in [-0.4, -0.2) is 30.6 Å². The fraction of sp³-hybridized carbons (Fsp3) is 0.300. The number of hydrogen-bond acceptors (Lipinski definition) is 5. The number of fused-ring (bicyclic) bond motifs is 1. The van der Waals surface area contributed by atoms with Crippen molar-refractivity contribution in [3.8, 4) is 11.1 Å². The van der Waals surface area contributed by atoms with E-state index in [1.165, 1.54) is 7.11 Å². The Labute approximate surface area is 223 Å². The Morgan fingerprint density at radius 3 is 2.29 bits per heavy atom. The lowest BCUT2D eigenvalue weighted by molar-refractivity contribution is -0.139. The molecule has 8 nitrogen and oxygen atoms in total. The summed E-state index contributed by atoms with van der Waals surface area (Å²) in [6.07, 6.45) is 0.596. The minimum Gasteiger partial charge on any atom is -0.453 e. The molecule has 0 saturated heterocycles. The second kappa shape index (κ2) is 10.7. The molecule has 0 aromatic heterocycles. The van der Waals surface area contributed by atoms with E-state index >= 15 is 0 Å². The maximum atomic E-state index is 13.8. The number of carbonyl (C=O) groups is 3. The lowest BCUT2D eigenvalue weighted by Crippen LogP contribution is -2.61. The van der Waals surface area contributed by atoms with Crippen LogP contribution in [0.1, 0.15) is 32.8 Å². The van der Waals surface area contributed by atoms with Crippen LogP contribution in [-0.2, 0) is 20.7 Å². The first-order valence-corrected chi connectivity index (χ1v) is 12.6. The molecule has 38 heavy (non-hydrogen) atoms. The van der Waals surface area contributed by atoms with Crippen LogP contribution in [0.4, 0.5) is 21.9 Å². The number of ether oxygens (including phenoxy) is 1. The van der Waals surface area contributed by atoms with Gasteiger partial charge in [0.2, 0.25) is 11.8 Å². The zero-order valence-electron chi connectivity index (χ0n) is 22.1. The number of anilines is 3. The maximum absolute atomic E-state index is 13.8. The first-order chi connectivity index (χ1) is 18.0. The molecule has 0 spiro atoms. The van der Waals surface area contributed by atoms with E-state index in [0.717, 1.165) is 22.4 Å². The number of para-hydroxylation sites is 2. The van der Waals surface area contributed by atoms with Crippen molar-refractivity contribution in [3.63, 3.8) is 0 Å². The number of benzene rings is 3. The van der Waals surface area contributed by atoms with Gasteiger partial charge in [0.15, 0.2) is 0 Å². The average Bonchev–Trinajstić information content (AvgIpc) is 3.06. The van der Waals surface area contributed by atoms with E-state index in [0.29, 0.717) is 24.2 Å². The smallest absolute Gasteiger partial charge is 0.411 e. The zero-order valence-corrected chi connectivity index (χ0v) is 22.1. The molecule has 0 saturated carbocycles. The van der Waals surface area contributed by atoms with Gasteiger partial charge < -0.3 is 21.1 Å². The fourth-order valence-electron chi connectivity index (χ4n) is 4.96. The minimum absolute atomic E-state index is 0.212. The summed E-state index contributed by atoms with van der Waals surface area (Å²) in [4.78, 5) is 39.0. The summed E-state index contributed by atoms with van der Waals surface area (Å²) in [5.74, 6) is -1.17. The second-order valence-corrected chi connectivity index (χ2v) is 10.4. The van der Waals surface area contributed by atoms with E-state index in [2.05, 4.69) is 16.0 Å². The largest absolute Gasteiger partial charge is 0.453 e. The molecule has 3 aromatic rings. The summed E-state index contributed by atoms with van der Waals surface area (Å²) in [6.45, 7) is 5.34. The molecule has 1 heterocycles. The molecular weight excluding hydrogens is 480 g/mol. The monoisotopic (exact) mass is 514 g/mol. The molecule has 5 N–H and O–H groups in total. The van der Waals surface area contributed by atoms with Crippen LogP contribution >= 0.6 is 0 Å². The summed E-state index contributed by atoms with van der Waals surface area (Å²) < 4.78 is 4.71. The van der Waals surface area contributed by atoms with Crippen LogP contribution in [0.3, 0.4) is 0 Å². The summed E-state index contributed by atoms with van der Waals surface area (Å²) in [6, 6.07) is 22.3. The Hall–Kier alpha value is -4.17. The molecule has 1 aliphatic heterocycles. The molecule has 1 unspecified atom stereocenters. The Kier molecular flexibility index (Phi) is 7.55. The molecule has 3 amide bonds. The van der Waals surface area contributed by atoms with E-state index < -0.39 is 23.0 Å². The van der Waals surface area contributed by atoms with Gasteiger partial charge in [-0.05, 0) is 69.0 Å². The highest BCUT2D eigenvalue weighted by atomic mass is 16.5. The van der Waals surface area contributed by atoms with E-state index in [1.54, 1.807) is 39.0 Å². The van der Waals surface area contributed by atoms with Crippen molar-refractivity contribution >= 4 is 35.0 Å². The van der Waals surface area contributed by atoms with Crippen molar-refractivity contribution in [1.29, 1.82) is 0 Å². The standard InChI is InChI=1S/C30H34N4O4/c1-29(2,31)30(3,23-18-15-20-9-5-7-11-24(20)33-26(23)35)27(36)32-21-16-13-19(14-17-21)22-10-6-8-12-25(22)34-28(37)38-4/h5-14,16-17,23H,15,18,31H2,1-4H3,(H,32,36)(H,33,35)(H,34,37)/t23-,30?/m0/s1. The molecule has 2 atom stereocenters. The topological polar surface area (TPSA) is 123 Å². The SMILES string of the molecule is COC(=O)Nc1ccccc1-c1ccc(NC(=O)C(C)([C@H]2CCc3ccccc3NC2=O)C(C)(C)N)cc1. The van der Waals surface area contributed by atoms with Crippen molar-refractivity contribution in [3.05, 3.63) is 78.4 Å². The van der Waals surface area contributed by atoms with Gasteiger partial charge in [0, 0.05) is 22.5 Å². The Morgan fingerprint density at radius 1 is 0.947 bits per heavy atom. The zero-order chi connectivity index (χ0) is 27.5. The van der Waals surface area contributed by atoms with Gasteiger partial charge in [0.25, 0.3) is 0 Å². The van der Waals surface area contributed by atoms with Crippen molar-refractivity contribution in [2.75, 3.05) is 23.1 Å². The third kappa shape index (κ3) is 5.26. The third-order valence-corrected chi connectivity index (χ3v) is 7.60. The lowest BCUT2D eigenvalue weighted by Gasteiger charge is -2.44. The fourth-order valence-corrected chi connectivity index (χ4v) is 4.96. The Bertz CT molecular complexity index is 1350. The first kappa shape index (κ1) is 26.9. The quantitative estimate of drug-likeness (QED) is 0.350. The summed E-state index contributed by atoms with van der Waals surface area (Å²) in [5, 5.41) is 8.71. The molecule has 0 fully saturated rings. The molecule has 3 aromatic carbocycles. The summed E-state index contributed by atoms with van der Waals surface area (Å²) in [5.41, 5.74) is 9.05. The van der Waals surface area contributed by atoms with Crippen LogP contribution in [0.15, 0.2) is 72.8 Å². The Morgan fingerprint density at radius 2 is 1.61 bits per heavy atom. The van der Waals surface area contributed by atoms with Gasteiger partial charge in [-0.25, -0.2) is 4.79 Å². The average molecular weight is 515 g/mol. The van der Waals surface area contributed by atoms with Crippen LogP contribution < -0.4 is 21.7 Å². The van der Waals surface area contributed by atoms with Crippen LogP contribution in [0.5, 0.6) is 0 Å². The maximum Gasteiger partial charge on any atom is 0.411 e. The van der Waals surface area contributed by atoms with Crippen molar-refractivity contribution < 1.29 is 19.1 Å². The number of aryl methyl sites for hydroxylation is 1. The summed E-state index contributed by atoms with van der Waals surface area (Å²) >= 11 is 0. The highest BCUT2D eigenvalue weighted by Crippen LogP contribution is 2.43. The number of methoxy groups -OCH3 is 1.